The van der Waals surface area contributed by atoms with Crippen molar-refractivity contribution in [1.29, 1.82) is 0 Å². The summed E-state index contributed by atoms with van der Waals surface area (Å²) in [5.74, 6) is 1.28. The molecule has 3 aromatic heterocycles. The fraction of sp³-hybridized carbons (Fsp3) is 0. The van der Waals surface area contributed by atoms with Gasteiger partial charge in [-0.1, -0.05) is 91.0 Å². The standard InChI is InChI=1S/C36H20N6/c1-4-10-22-19(7-1)13-16-25-28(22)34-38-31(25)37-32-26-17-14-20-8-2-5-11-23(20)29(26)35(39-32)42-36-30-24-12-6-3-9-21(24)15-18-27(30)33(40-34)41-36/h1-18H,(H2,37,38,39,40,41,42). The number of aromatic nitrogens is 6. The Labute approximate surface area is 238 Å². The normalized spacial score (nSPS) is 12.3. The second-order valence-corrected chi connectivity index (χ2v) is 10.9. The Morgan fingerprint density at radius 2 is 0.857 bits per heavy atom. The zero-order valence-electron chi connectivity index (χ0n) is 22.2. The van der Waals surface area contributed by atoms with Crippen LogP contribution < -0.4 is 0 Å². The summed E-state index contributed by atoms with van der Waals surface area (Å²) in [4.78, 5) is 27.9. The topological polar surface area (TPSA) is 83.1 Å². The molecule has 1 aliphatic rings. The van der Waals surface area contributed by atoms with Gasteiger partial charge in [0.15, 0.2) is 11.6 Å². The van der Waals surface area contributed by atoms with Gasteiger partial charge in [-0.15, -0.1) is 0 Å². The van der Waals surface area contributed by atoms with Gasteiger partial charge in [0, 0.05) is 32.7 Å². The lowest BCUT2D eigenvalue weighted by molar-refractivity contribution is 1.21. The van der Waals surface area contributed by atoms with Crippen molar-refractivity contribution in [1.82, 2.24) is 29.9 Å². The van der Waals surface area contributed by atoms with E-state index in [1.54, 1.807) is 0 Å². The molecule has 0 saturated heterocycles. The number of benzene rings is 6. The van der Waals surface area contributed by atoms with Crippen LogP contribution in [0.25, 0.3) is 99.2 Å². The van der Waals surface area contributed by atoms with E-state index in [1.807, 2.05) is 0 Å². The van der Waals surface area contributed by atoms with Gasteiger partial charge in [-0.25, -0.2) is 19.9 Å². The quantitative estimate of drug-likeness (QED) is 0.203. The van der Waals surface area contributed by atoms with Crippen LogP contribution >= 0.6 is 0 Å². The van der Waals surface area contributed by atoms with Crippen molar-refractivity contribution in [2.45, 2.75) is 0 Å². The summed E-state index contributed by atoms with van der Waals surface area (Å²) < 4.78 is 0. The number of nitrogens with one attached hydrogen (secondary N) is 2. The molecule has 42 heavy (non-hydrogen) atoms. The minimum absolute atomic E-state index is 0.638. The number of H-pyrrole nitrogens is 2. The zero-order chi connectivity index (χ0) is 27.4. The molecule has 9 aromatic rings. The second kappa shape index (κ2) is 7.86. The van der Waals surface area contributed by atoms with Crippen LogP contribution in [0.5, 0.6) is 0 Å². The minimum atomic E-state index is 0.638. The number of hydrogen-bond donors (Lipinski definition) is 2. The van der Waals surface area contributed by atoms with Crippen LogP contribution in [0, 0.1) is 0 Å². The molecule has 0 atom stereocenters. The van der Waals surface area contributed by atoms with E-state index in [9.17, 15) is 0 Å². The summed E-state index contributed by atoms with van der Waals surface area (Å²) in [7, 11) is 0. The highest BCUT2D eigenvalue weighted by atomic mass is 15.0. The lowest BCUT2D eigenvalue weighted by atomic mass is 9.99. The van der Waals surface area contributed by atoms with E-state index in [0.29, 0.717) is 11.6 Å². The number of aromatic amines is 2. The third kappa shape index (κ3) is 2.87. The van der Waals surface area contributed by atoms with Gasteiger partial charge in [0.25, 0.3) is 0 Å². The van der Waals surface area contributed by atoms with Crippen LogP contribution in [-0.2, 0) is 0 Å². The van der Waals surface area contributed by atoms with Crippen molar-refractivity contribution in [3.8, 4) is 22.8 Å². The van der Waals surface area contributed by atoms with Crippen LogP contribution in [0.3, 0.4) is 0 Å². The van der Waals surface area contributed by atoms with Crippen molar-refractivity contribution in [3.05, 3.63) is 109 Å². The second-order valence-electron chi connectivity index (χ2n) is 10.9. The van der Waals surface area contributed by atoms with Crippen molar-refractivity contribution < 1.29 is 0 Å². The smallest absolute Gasteiger partial charge is 0.165 e. The molecular weight excluding hydrogens is 516 g/mol. The zero-order valence-corrected chi connectivity index (χ0v) is 22.2. The number of hydrogen-bond acceptors (Lipinski definition) is 4. The average molecular weight is 537 g/mol. The predicted octanol–water partition coefficient (Wildman–Crippen LogP) is 8.77. The molecule has 194 valence electrons. The molecule has 0 radical (unpaired) electrons. The Hall–Kier alpha value is -5.88. The van der Waals surface area contributed by atoms with Crippen molar-refractivity contribution >= 4 is 76.5 Å². The fourth-order valence-corrected chi connectivity index (χ4v) is 6.68. The summed E-state index contributed by atoms with van der Waals surface area (Å²) in [6.07, 6.45) is 0. The Bertz CT molecular complexity index is 2700. The summed E-state index contributed by atoms with van der Waals surface area (Å²) in [5, 5.41) is 10.9. The molecule has 4 heterocycles. The van der Waals surface area contributed by atoms with Gasteiger partial charge >= 0.3 is 0 Å². The van der Waals surface area contributed by atoms with Crippen LogP contribution in [0.4, 0.5) is 0 Å². The predicted molar refractivity (Wildman–Crippen MR) is 171 cm³/mol. The summed E-state index contributed by atoms with van der Waals surface area (Å²) in [6, 6.07) is 38.0. The van der Waals surface area contributed by atoms with E-state index in [-0.39, 0.29) is 0 Å². The highest BCUT2D eigenvalue weighted by molar-refractivity contribution is 6.21. The molecule has 0 unspecified atom stereocenters. The van der Waals surface area contributed by atoms with E-state index >= 15 is 0 Å². The largest absolute Gasteiger partial charge is 0.324 e. The molecule has 0 saturated carbocycles. The van der Waals surface area contributed by atoms with Gasteiger partial charge in [-0.3, -0.25) is 0 Å². The molecule has 6 nitrogen and oxygen atoms in total. The van der Waals surface area contributed by atoms with E-state index in [0.717, 1.165) is 87.6 Å². The van der Waals surface area contributed by atoms with Gasteiger partial charge in [0.2, 0.25) is 0 Å². The maximum Gasteiger partial charge on any atom is 0.165 e. The molecule has 0 aliphatic carbocycles. The van der Waals surface area contributed by atoms with Gasteiger partial charge in [0.1, 0.15) is 22.6 Å². The van der Waals surface area contributed by atoms with Gasteiger partial charge in [-0.05, 0) is 50.5 Å². The van der Waals surface area contributed by atoms with Crippen molar-refractivity contribution in [2.75, 3.05) is 0 Å². The molecule has 6 bridgehead atoms. The molecule has 6 aromatic carbocycles. The highest BCUT2D eigenvalue weighted by Gasteiger charge is 2.23. The first kappa shape index (κ1) is 21.9. The van der Waals surface area contributed by atoms with E-state index in [4.69, 9.17) is 19.9 Å². The molecule has 10 rings (SSSR count). The molecule has 0 spiro atoms. The van der Waals surface area contributed by atoms with E-state index < -0.39 is 0 Å². The van der Waals surface area contributed by atoms with Crippen LogP contribution in [-0.4, -0.2) is 29.9 Å². The Morgan fingerprint density at radius 1 is 0.357 bits per heavy atom. The Morgan fingerprint density at radius 3 is 1.52 bits per heavy atom. The van der Waals surface area contributed by atoms with E-state index in [1.165, 1.54) is 0 Å². The molecule has 0 fully saturated rings. The highest BCUT2D eigenvalue weighted by Crippen LogP contribution is 2.41. The number of nitrogens with zero attached hydrogens (tertiary/aromatic N) is 4. The first-order valence-electron chi connectivity index (χ1n) is 14.0. The van der Waals surface area contributed by atoms with E-state index in [2.05, 4.69) is 119 Å². The van der Waals surface area contributed by atoms with Crippen LogP contribution in [0.1, 0.15) is 0 Å². The van der Waals surface area contributed by atoms with Crippen LogP contribution in [0.15, 0.2) is 109 Å². The monoisotopic (exact) mass is 536 g/mol. The minimum Gasteiger partial charge on any atom is -0.324 e. The van der Waals surface area contributed by atoms with Crippen molar-refractivity contribution in [2.24, 2.45) is 0 Å². The molecule has 2 N–H and O–H groups in total. The number of rotatable bonds is 0. The fourth-order valence-electron chi connectivity index (χ4n) is 6.68. The Balaban J connectivity index is 1.50. The summed E-state index contributed by atoms with van der Waals surface area (Å²) in [5.41, 5.74) is 4.93. The third-order valence-corrected chi connectivity index (χ3v) is 8.58. The first-order valence-corrected chi connectivity index (χ1v) is 14.0. The maximum atomic E-state index is 5.24. The number of fused-ring (bicyclic) bond motifs is 21. The molecule has 0 amide bonds. The van der Waals surface area contributed by atoms with Gasteiger partial charge < -0.3 is 9.97 Å². The van der Waals surface area contributed by atoms with Crippen molar-refractivity contribution in [3.63, 3.8) is 0 Å². The maximum absolute atomic E-state index is 5.24. The lowest BCUT2D eigenvalue weighted by Gasteiger charge is -2.04. The SMILES string of the molecule is c1ccc2c3c(ccc2c1)-c1nc-3nc2[nH]c(nc3[nH]c(n1)c1ccc4ccccc4c31)c1ccc3ccccc3c21. The van der Waals surface area contributed by atoms with Gasteiger partial charge in [0.05, 0.1) is 0 Å². The Kier molecular flexibility index (Phi) is 4.10. The van der Waals surface area contributed by atoms with Gasteiger partial charge in [-0.2, -0.15) is 0 Å². The summed E-state index contributed by atoms with van der Waals surface area (Å²) >= 11 is 0. The third-order valence-electron chi connectivity index (χ3n) is 8.58. The molecule has 6 heteroatoms. The van der Waals surface area contributed by atoms with Crippen LogP contribution in [0.2, 0.25) is 0 Å². The molecular formula is C36H20N6. The summed E-state index contributed by atoms with van der Waals surface area (Å²) in [6.45, 7) is 0. The molecule has 1 aliphatic heterocycles. The lowest BCUT2D eigenvalue weighted by Crippen LogP contribution is -1.85. The average Bonchev–Trinajstić information content (AvgIpc) is 3.69. The first-order chi connectivity index (χ1) is 20.8.